The topological polar surface area (TPSA) is 92.8 Å². The first-order chi connectivity index (χ1) is 6.49. The van der Waals surface area contributed by atoms with Gasteiger partial charge in [-0.2, -0.15) is 0 Å². The molecule has 0 bridgehead atoms. The Morgan fingerprint density at radius 3 is 2.57 bits per heavy atom. The molecule has 1 aromatic carbocycles. The first kappa shape index (κ1) is 10.2. The van der Waals surface area contributed by atoms with Crippen molar-refractivity contribution in [2.75, 3.05) is 12.8 Å². The number of aromatic carboxylic acids is 1. The molecule has 0 radical (unpaired) electrons. The minimum atomic E-state index is -1.21. The lowest BCUT2D eigenvalue weighted by molar-refractivity contribution is 0.0692. The third kappa shape index (κ3) is 1.44. The Hall–Kier alpha value is -1.91. The Morgan fingerprint density at radius 1 is 1.57 bits per heavy atom. The number of nitrogen functional groups attached to an aromatic ring is 1. The summed E-state index contributed by atoms with van der Waals surface area (Å²) in [5.41, 5.74) is 5.95. The van der Waals surface area contributed by atoms with Gasteiger partial charge < -0.3 is 20.7 Å². The van der Waals surface area contributed by atoms with E-state index in [4.69, 9.17) is 15.6 Å². The van der Waals surface area contributed by atoms with E-state index in [0.29, 0.717) is 5.56 Å². The van der Waals surface area contributed by atoms with Crippen molar-refractivity contribution in [3.63, 3.8) is 0 Å². The number of ether oxygens (including phenoxy) is 1. The molecule has 5 nitrogen and oxygen atoms in total. The highest BCUT2D eigenvalue weighted by molar-refractivity contribution is 5.95. The van der Waals surface area contributed by atoms with Gasteiger partial charge in [0.25, 0.3) is 0 Å². The van der Waals surface area contributed by atoms with Crippen molar-refractivity contribution in [2.24, 2.45) is 0 Å². The van der Waals surface area contributed by atoms with Crippen molar-refractivity contribution < 1.29 is 19.7 Å². The molecule has 4 N–H and O–H groups in total. The van der Waals surface area contributed by atoms with Gasteiger partial charge in [-0.25, -0.2) is 4.79 Å². The Kier molecular flexibility index (Phi) is 2.51. The van der Waals surface area contributed by atoms with E-state index in [0.717, 1.165) is 0 Å². The second-order valence-electron chi connectivity index (χ2n) is 2.84. The van der Waals surface area contributed by atoms with Crippen LogP contribution in [0.4, 0.5) is 5.69 Å². The number of carbonyl (C=O) groups is 1. The van der Waals surface area contributed by atoms with Gasteiger partial charge in [0, 0.05) is 0 Å². The first-order valence-electron chi connectivity index (χ1n) is 3.88. The lowest BCUT2D eigenvalue weighted by atomic mass is 10.1. The summed E-state index contributed by atoms with van der Waals surface area (Å²) in [5, 5.41) is 18.3. The smallest absolute Gasteiger partial charge is 0.339 e. The molecule has 0 unspecified atom stereocenters. The molecule has 0 saturated heterocycles. The number of hydrogen-bond acceptors (Lipinski definition) is 4. The molecule has 0 amide bonds. The van der Waals surface area contributed by atoms with Gasteiger partial charge in [-0.3, -0.25) is 0 Å². The zero-order valence-corrected chi connectivity index (χ0v) is 7.87. The predicted molar refractivity (Wildman–Crippen MR) is 50.8 cm³/mol. The average Bonchev–Trinajstić information content (AvgIpc) is 2.02. The summed E-state index contributed by atoms with van der Waals surface area (Å²) in [7, 11) is 1.31. The summed E-state index contributed by atoms with van der Waals surface area (Å²) in [6.07, 6.45) is 0. The van der Waals surface area contributed by atoms with Crippen molar-refractivity contribution >= 4 is 11.7 Å². The molecule has 0 aliphatic rings. The van der Waals surface area contributed by atoms with E-state index >= 15 is 0 Å². The molecule has 0 spiro atoms. The number of phenols is 1. The summed E-state index contributed by atoms with van der Waals surface area (Å²) < 4.78 is 4.78. The minimum Gasteiger partial charge on any atom is -0.504 e. The molecule has 14 heavy (non-hydrogen) atoms. The number of benzene rings is 1. The molecule has 0 heterocycles. The highest BCUT2D eigenvalue weighted by atomic mass is 16.5. The highest BCUT2D eigenvalue weighted by Crippen LogP contribution is 2.37. The van der Waals surface area contributed by atoms with Crippen LogP contribution < -0.4 is 10.5 Å². The number of aryl methyl sites for hydroxylation is 1. The van der Waals surface area contributed by atoms with Crippen LogP contribution in [0.15, 0.2) is 6.07 Å². The van der Waals surface area contributed by atoms with Crippen LogP contribution in [0, 0.1) is 6.92 Å². The Labute approximate surface area is 80.7 Å². The van der Waals surface area contributed by atoms with Crippen LogP contribution in [-0.2, 0) is 0 Å². The zero-order valence-electron chi connectivity index (χ0n) is 7.87. The van der Waals surface area contributed by atoms with Gasteiger partial charge in [-0.15, -0.1) is 0 Å². The van der Waals surface area contributed by atoms with Gasteiger partial charge in [0.2, 0.25) is 0 Å². The monoisotopic (exact) mass is 197 g/mol. The largest absolute Gasteiger partial charge is 0.504 e. The Morgan fingerprint density at radius 2 is 2.14 bits per heavy atom. The van der Waals surface area contributed by atoms with Crippen LogP contribution in [0.5, 0.6) is 11.5 Å². The second kappa shape index (κ2) is 3.45. The third-order valence-electron chi connectivity index (χ3n) is 1.90. The second-order valence-corrected chi connectivity index (χ2v) is 2.84. The summed E-state index contributed by atoms with van der Waals surface area (Å²) in [5.74, 6) is -1.65. The van der Waals surface area contributed by atoms with E-state index in [1.54, 1.807) is 6.92 Å². The van der Waals surface area contributed by atoms with Crippen LogP contribution in [0.25, 0.3) is 0 Å². The maximum atomic E-state index is 10.8. The molecular formula is C9H11NO4. The number of nitrogens with two attached hydrogens (primary N) is 1. The third-order valence-corrected chi connectivity index (χ3v) is 1.90. The van der Waals surface area contributed by atoms with Crippen molar-refractivity contribution in [3.05, 3.63) is 17.2 Å². The molecule has 0 aromatic heterocycles. The number of anilines is 1. The first-order valence-corrected chi connectivity index (χ1v) is 3.88. The van der Waals surface area contributed by atoms with Crippen molar-refractivity contribution in [1.82, 2.24) is 0 Å². The quantitative estimate of drug-likeness (QED) is 0.615. The number of hydrogen-bond donors (Lipinski definition) is 3. The maximum absolute atomic E-state index is 10.8. The standard InChI is InChI=1S/C9H11NO4/c1-4-3-5(10)8(14-2)7(11)6(4)9(12)13/h3,11H,10H2,1-2H3,(H,12,13). The molecular weight excluding hydrogens is 186 g/mol. The molecule has 5 heteroatoms. The maximum Gasteiger partial charge on any atom is 0.339 e. The van der Waals surface area contributed by atoms with Gasteiger partial charge in [0.05, 0.1) is 12.8 Å². The predicted octanol–water partition coefficient (Wildman–Crippen LogP) is 0.990. The van der Waals surface area contributed by atoms with E-state index < -0.39 is 11.7 Å². The highest BCUT2D eigenvalue weighted by Gasteiger charge is 2.19. The average molecular weight is 197 g/mol. The molecule has 0 fully saturated rings. The van der Waals surface area contributed by atoms with Gasteiger partial charge in [0.1, 0.15) is 5.56 Å². The van der Waals surface area contributed by atoms with Crippen LogP contribution in [0.2, 0.25) is 0 Å². The number of carboxylic acids is 1. The summed E-state index contributed by atoms with van der Waals surface area (Å²) in [6, 6.07) is 1.45. The summed E-state index contributed by atoms with van der Waals surface area (Å²) in [4.78, 5) is 10.8. The van der Waals surface area contributed by atoms with Gasteiger partial charge in [-0.05, 0) is 18.6 Å². The molecule has 0 saturated carbocycles. The number of aromatic hydroxyl groups is 1. The van der Waals surface area contributed by atoms with Crippen molar-refractivity contribution in [1.29, 1.82) is 0 Å². The SMILES string of the molecule is COc1c(N)cc(C)c(C(=O)O)c1O. The van der Waals surface area contributed by atoms with Crippen LogP contribution in [0.1, 0.15) is 15.9 Å². The lowest BCUT2D eigenvalue weighted by Crippen LogP contribution is -2.04. The summed E-state index contributed by atoms with van der Waals surface area (Å²) in [6.45, 7) is 1.55. The van der Waals surface area contributed by atoms with E-state index in [-0.39, 0.29) is 17.0 Å². The number of methoxy groups -OCH3 is 1. The zero-order chi connectivity index (χ0) is 10.9. The normalized spacial score (nSPS) is 9.86. The van der Waals surface area contributed by atoms with Gasteiger partial charge in [-0.1, -0.05) is 0 Å². The van der Waals surface area contributed by atoms with E-state index in [2.05, 4.69) is 0 Å². The Balaban J connectivity index is 3.52. The molecule has 0 aliphatic carbocycles. The van der Waals surface area contributed by atoms with Crippen LogP contribution in [-0.4, -0.2) is 23.3 Å². The fourth-order valence-corrected chi connectivity index (χ4v) is 1.29. The molecule has 1 aromatic rings. The molecule has 1 rings (SSSR count). The summed E-state index contributed by atoms with van der Waals surface area (Å²) >= 11 is 0. The van der Waals surface area contributed by atoms with Gasteiger partial charge in [0.15, 0.2) is 11.5 Å². The molecule has 76 valence electrons. The number of carboxylic acid groups (broad SMARTS) is 1. The van der Waals surface area contributed by atoms with E-state index in [1.165, 1.54) is 13.2 Å². The fraction of sp³-hybridized carbons (Fsp3) is 0.222. The van der Waals surface area contributed by atoms with E-state index in [9.17, 15) is 9.90 Å². The van der Waals surface area contributed by atoms with Crippen molar-refractivity contribution in [2.45, 2.75) is 6.92 Å². The minimum absolute atomic E-state index is 0.00648. The van der Waals surface area contributed by atoms with Crippen molar-refractivity contribution in [3.8, 4) is 11.5 Å². The molecule has 0 aliphatic heterocycles. The number of rotatable bonds is 2. The van der Waals surface area contributed by atoms with Gasteiger partial charge >= 0.3 is 5.97 Å². The van der Waals surface area contributed by atoms with Crippen LogP contribution >= 0.6 is 0 Å². The fourth-order valence-electron chi connectivity index (χ4n) is 1.29. The van der Waals surface area contributed by atoms with E-state index in [1.807, 2.05) is 0 Å². The Bertz CT molecular complexity index is 387. The van der Waals surface area contributed by atoms with Crippen LogP contribution in [0.3, 0.4) is 0 Å². The molecule has 0 atom stereocenters. The lowest BCUT2D eigenvalue weighted by Gasteiger charge is -2.11.